The van der Waals surface area contributed by atoms with Crippen molar-refractivity contribution >= 4 is 12.1 Å². The smallest absolute Gasteiger partial charge is 0.240 e. The van der Waals surface area contributed by atoms with Crippen LogP contribution in [0.4, 0.5) is 0 Å². The van der Waals surface area contributed by atoms with E-state index >= 15 is 0 Å². The van der Waals surface area contributed by atoms with Crippen molar-refractivity contribution in [2.24, 2.45) is 5.10 Å². The van der Waals surface area contributed by atoms with Gasteiger partial charge >= 0.3 is 0 Å². The predicted molar refractivity (Wildman–Crippen MR) is 95.6 cm³/mol. The van der Waals surface area contributed by atoms with Crippen molar-refractivity contribution in [2.75, 3.05) is 6.61 Å². The van der Waals surface area contributed by atoms with Crippen LogP contribution >= 0.6 is 0 Å². The number of aliphatic hydroxyl groups is 1. The van der Waals surface area contributed by atoms with Crippen LogP contribution in [0.5, 0.6) is 11.5 Å². The topological polar surface area (TPSA) is 91.2 Å². The first-order valence-electron chi connectivity index (χ1n) is 8.11. The lowest BCUT2D eigenvalue weighted by Gasteiger charge is -2.11. The van der Waals surface area contributed by atoms with Gasteiger partial charge in [-0.25, -0.2) is 5.43 Å². The number of ether oxygens (including phenoxy) is 1. The summed E-state index contributed by atoms with van der Waals surface area (Å²) in [5.41, 5.74) is 3.62. The van der Waals surface area contributed by atoms with Crippen molar-refractivity contribution in [3.05, 3.63) is 59.7 Å². The average Bonchev–Trinajstić information content (AvgIpc) is 2.62. The van der Waals surface area contributed by atoms with Crippen LogP contribution < -0.4 is 10.2 Å². The average molecular weight is 342 g/mol. The van der Waals surface area contributed by atoms with Crippen molar-refractivity contribution in [1.29, 1.82) is 0 Å². The molecule has 6 nitrogen and oxygen atoms in total. The van der Waals surface area contributed by atoms with Crippen LogP contribution in [-0.2, 0) is 4.79 Å². The van der Waals surface area contributed by atoms with Gasteiger partial charge in [-0.15, -0.1) is 0 Å². The lowest BCUT2D eigenvalue weighted by Crippen LogP contribution is -2.18. The molecule has 25 heavy (non-hydrogen) atoms. The Hall–Kier alpha value is -2.86. The van der Waals surface area contributed by atoms with Gasteiger partial charge in [0, 0.05) is 12.0 Å². The zero-order valence-electron chi connectivity index (χ0n) is 14.1. The highest BCUT2D eigenvalue weighted by Gasteiger charge is 2.10. The number of nitrogens with zero attached hydrogens (tertiary/aromatic N) is 1. The lowest BCUT2D eigenvalue weighted by atomic mass is 10.0. The Morgan fingerprint density at radius 2 is 1.96 bits per heavy atom. The summed E-state index contributed by atoms with van der Waals surface area (Å²) in [6.45, 7) is 2.49. The highest BCUT2D eigenvalue weighted by molar-refractivity contribution is 5.84. The summed E-state index contributed by atoms with van der Waals surface area (Å²) in [5, 5.41) is 23.5. The fourth-order valence-corrected chi connectivity index (χ4v) is 2.21. The standard InChI is InChI=1S/C19H22N2O4/c1-2-25-16-9-7-14(8-10-16)18(23)11-12-19(24)21-20-13-15-5-3-4-6-17(15)22/h3-10,13,18,22-23H,2,11-12H2,1H3,(H,21,24)/b20-13-/t18-/m1/s1. The molecule has 0 saturated heterocycles. The van der Waals surface area contributed by atoms with Crippen molar-refractivity contribution in [1.82, 2.24) is 5.43 Å². The van der Waals surface area contributed by atoms with Gasteiger partial charge in [0.1, 0.15) is 11.5 Å². The zero-order valence-corrected chi connectivity index (χ0v) is 14.1. The van der Waals surface area contributed by atoms with Crippen LogP contribution in [0, 0.1) is 0 Å². The van der Waals surface area contributed by atoms with E-state index in [1.165, 1.54) is 12.3 Å². The second-order valence-corrected chi connectivity index (χ2v) is 5.41. The second kappa shape index (κ2) is 9.44. The Bertz CT molecular complexity index is 714. The lowest BCUT2D eigenvalue weighted by molar-refractivity contribution is -0.121. The van der Waals surface area contributed by atoms with Crippen LogP contribution in [0.15, 0.2) is 53.6 Å². The van der Waals surface area contributed by atoms with E-state index in [2.05, 4.69) is 10.5 Å². The second-order valence-electron chi connectivity index (χ2n) is 5.41. The molecular weight excluding hydrogens is 320 g/mol. The van der Waals surface area contributed by atoms with Gasteiger partial charge in [0.2, 0.25) is 5.91 Å². The third-order valence-corrected chi connectivity index (χ3v) is 3.55. The molecule has 2 aromatic carbocycles. The zero-order chi connectivity index (χ0) is 18.1. The Morgan fingerprint density at radius 1 is 1.24 bits per heavy atom. The number of hydrogen-bond donors (Lipinski definition) is 3. The molecule has 3 N–H and O–H groups in total. The quantitative estimate of drug-likeness (QED) is 0.508. The number of phenols is 1. The van der Waals surface area contributed by atoms with Gasteiger partial charge in [0.15, 0.2) is 0 Å². The van der Waals surface area contributed by atoms with Gasteiger partial charge in [-0.2, -0.15) is 5.10 Å². The Kier molecular flexibility index (Phi) is 6.98. The molecule has 2 aromatic rings. The van der Waals surface area contributed by atoms with Crippen LogP contribution in [0.1, 0.15) is 37.0 Å². The first-order valence-corrected chi connectivity index (χ1v) is 8.11. The van der Waals surface area contributed by atoms with E-state index in [1.54, 1.807) is 42.5 Å². The molecular formula is C19H22N2O4. The van der Waals surface area contributed by atoms with Crippen molar-refractivity contribution < 1.29 is 19.7 Å². The third-order valence-electron chi connectivity index (χ3n) is 3.55. The molecule has 1 atom stereocenters. The highest BCUT2D eigenvalue weighted by Crippen LogP contribution is 2.21. The van der Waals surface area contributed by atoms with E-state index in [4.69, 9.17) is 4.74 Å². The molecule has 0 saturated carbocycles. The molecule has 0 radical (unpaired) electrons. The Labute approximate surface area is 146 Å². The van der Waals surface area contributed by atoms with Crippen molar-refractivity contribution in [2.45, 2.75) is 25.9 Å². The number of carbonyl (C=O) groups is 1. The van der Waals surface area contributed by atoms with Crippen molar-refractivity contribution in [3.63, 3.8) is 0 Å². The number of amides is 1. The largest absolute Gasteiger partial charge is 0.507 e. The van der Waals surface area contributed by atoms with Gasteiger partial charge in [-0.3, -0.25) is 4.79 Å². The van der Waals surface area contributed by atoms with Gasteiger partial charge in [0.25, 0.3) is 0 Å². The van der Waals surface area contributed by atoms with Gasteiger partial charge < -0.3 is 14.9 Å². The van der Waals surface area contributed by atoms with Gasteiger partial charge in [-0.1, -0.05) is 24.3 Å². The minimum absolute atomic E-state index is 0.0893. The van der Waals surface area contributed by atoms with E-state index in [-0.39, 0.29) is 24.5 Å². The fraction of sp³-hybridized carbons (Fsp3) is 0.263. The summed E-state index contributed by atoms with van der Waals surface area (Å²) in [5.74, 6) is 0.526. The van der Waals surface area contributed by atoms with E-state index in [0.717, 1.165) is 11.3 Å². The molecule has 0 aliphatic rings. The number of carbonyl (C=O) groups excluding carboxylic acids is 1. The van der Waals surface area contributed by atoms with E-state index in [9.17, 15) is 15.0 Å². The number of hydrogen-bond acceptors (Lipinski definition) is 5. The third kappa shape index (κ3) is 5.93. The molecule has 0 aliphatic carbocycles. The number of hydrazone groups is 1. The number of benzene rings is 2. The normalized spacial score (nSPS) is 12.1. The first kappa shape index (κ1) is 18.5. The molecule has 0 aliphatic heterocycles. The molecule has 132 valence electrons. The molecule has 0 aromatic heterocycles. The summed E-state index contributed by atoms with van der Waals surface area (Å²) in [6, 6.07) is 13.8. The monoisotopic (exact) mass is 342 g/mol. The van der Waals surface area contributed by atoms with E-state index in [1.807, 2.05) is 6.92 Å². The minimum atomic E-state index is -0.733. The van der Waals surface area contributed by atoms with Gasteiger partial charge in [0.05, 0.1) is 18.9 Å². The highest BCUT2D eigenvalue weighted by atomic mass is 16.5. The first-order chi connectivity index (χ1) is 12.1. The number of aromatic hydroxyl groups is 1. The van der Waals surface area contributed by atoms with Gasteiger partial charge in [-0.05, 0) is 43.2 Å². The molecule has 0 heterocycles. The van der Waals surface area contributed by atoms with E-state index < -0.39 is 6.10 Å². The number of nitrogens with one attached hydrogen (secondary N) is 1. The van der Waals surface area contributed by atoms with Crippen LogP contribution in [0.2, 0.25) is 0 Å². The van der Waals surface area contributed by atoms with E-state index in [0.29, 0.717) is 12.2 Å². The maximum atomic E-state index is 11.8. The number of phenolic OH excluding ortho intramolecular Hbond substituents is 1. The maximum absolute atomic E-state index is 11.8. The SMILES string of the molecule is CCOc1ccc([C@H](O)CCC(=O)N/N=C\c2ccccc2O)cc1. The number of aliphatic hydroxyl groups excluding tert-OH is 1. The molecule has 1 amide bonds. The van der Waals surface area contributed by atoms with Crippen LogP contribution in [0.25, 0.3) is 0 Å². The summed E-state index contributed by atoms with van der Waals surface area (Å²) < 4.78 is 5.35. The molecule has 0 fully saturated rings. The maximum Gasteiger partial charge on any atom is 0.240 e. The van der Waals surface area contributed by atoms with Crippen LogP contribution in [0.3, 0.4) is 0 Å². The van der Waals surface area contributed by atoms with Crippen LogP contribution in [-0.4, -0.2) is 28.9 Å². The summed E-state index contributed by atoms with van der Waals surface area (Å²) in [4.78, 5) is 11.8. The molecule has 0 spiro atoms. The predicted octanol–water partition coefficient (Wildman–Crippen LogP) is 2.75. The minimum Gasteiger partial charge on any atom is -0.507 e. The number of para-hydroxylation sites is 1. The molecule has 6 heteroatoms. The van der Waals surface area contributed by atoms with Crippen molar-refractivity contribution in [3.8, 4) is 11.5 Å². The molecule has 2 rings (SSSR count). The summed E-state index contributed by atoms with van der Waals surface area (Å²) >= 11 is 0. The molecule has 0 unspecified atom stereocenters. The fourth-order valence-electron chi connectivity index (χ4n) is 2.21. The molecule has 0 bridgehead atoms. The summed E-state index contributed by atoms with van der Waals surface area (Å²) in [6.07, 6.45) is 1.05. The Morgan fingerprint density at radius 3 is 2.64 bits per heavy atom. The Balaban J connectivity index is 1.78. The number of rotatable bonds is 8. The summed E-state index contributed by atoms with van der Waals surface area (Å²) in [7, 11) is 0.